The molecule has 1 amide bonds. The van der Waals surface area contributed by atoms with Crippen molar-refractivity contribution in [3.8, 4) is 5.69 Å². The standard InChI is InChI=1S/C20H17F6N7O/c1-11-2-3-13(16(15(11)21)33-30-5-6-31-33)17(34)32-7-4-19(22,23)14(32)10-29-18-27-8-12(9-28-18)20(24,25)26/h2-3,5-6,8-9,14H,4,7,10H2,1H3,(H,27,28,29). The molecule has 1 saturated heterocycles. The number of hydrogen-bond acceptors (Lipinski definition) is 6. The van der Waals surface area contributed by atoms with Crippen molar-refractivity contribution in [3.05, 3.63) is 59.4 Å². The van der Waals surface area contributed by atoms with E-state index >= 15 is 0 Å². The minimum Gasteiger partial charge on any atom is -0.352 e. The van der Waals surface area contributed by atoms with E-state index in [1.54, 1.807) is 0 Å². The molecule has 180 valence electrons. The molecule has 3 heterocycles. The molecule has 1 fully saturated rings. The summed E-state index contributed by atoms with van der Waals surface area (Å²) in [7, 11) is 0. The van der Waals surface area contributed by atoms with Crippen molar-refractivity contribution in [1.82, 2.24) is 29.9 Å². The second kappa shape index (κ2) is 8.57. The Kier molecular flexibility index (Phi) is 5.91. The summed E-state index contributed by atoms with van der Waals surface area (Å²) in [4.78, 5) is 22.0. The Balaban J connectivity index is 1.59. The Bertz CT molecular complexity index is 1180. The maximum atomic E-state index is 14.9. The van der Waals surface area contributed by atoms with Crippen molar-refractivity contribution in [2.45, 2.75) is 31.5 Å². The Labute approximate surface area is 188 Å². The highest BCUT2D eigenvalue weighted by Crippen LogP contribution is 2.36. The van der Waals surface area contributed by atoms with E-state index in [-0.39, 0.29) is 29.3 Å². The number of amides is 1. The number of aromatic nitrogens is 5. The zero-order chi connectivity index (χ0) is 24.7. The fraction of sp³-hybridized carbons (Fsp3) is 0.350. The van der Waals surface area contributed by atoms with Gasteiger partial charge in [-0.05, 0) is 18.6 Å². The van der Waals surface area contributed by atoms with Crippen LogP contribution in [0.1, 0.15) is 27.9 Å². The molecule has 1 aliphatic rings. The summed E-state index contributed by atoms with van der Waals surface area (Å²) in [5, 5.41) is 10.1. The summed E-state index contributed by atoms with van der Waals surface area (Å²) < 4.78 is 82.2. The zero-order valence-corrected chi connectivity index (χ0v) is 17.5. The summed E-state index contributed by atoms with van der Waals surface area (Å²) in [6.07, 6.45) is -1.71. The molecule has 0 saturated carbocycles. The monoisotopic (exact) mass is 485 g/mol. The predicted octanol–water partition coefficient (Wildman–Crippen LogP) is 3.49. The number of benzene rings is 1. The van der Waals surface area contributed by atoms with Gasteiger partial charge in [-0.3, -0.25) is 4.79 Å². The number of carbonyl (C=O) groups excluding carboxylic acids is 1. The van der Waals surface area contributed by atoms with Crippen molar-refractivity contribution < 1.29 is 31.1 Å². The first-order valence-corrected chi connectivity index (χ1v) is 9.97. The van der Waals surface area contributed by atoms with Crippen molar-refractivity contribution in [2.75, 3.05) is 18.4 Å². The Morgan fingerprint density at radius 1 is 1.18 bits per heavy atom. The van der Waals surface area contributed by atoms with E-state index in [4.69, 9.17) is 0 Å². The van der Waals surface area contributed by atoms with Gasteiger partial charge >= 0.3 is 6.18 Å². The number of nitrogens with one attached hydrogen (secondary N) is 1. The van der Waals surface area contributed by atoms with Crippen LogP contribution in [0, 0.1) is 12.7 Å². The van der Waals surface area contributed by atoms with Crippen LogP contribution < -0.4 is 5.32 Å². The van der Waals surface area contributed by atoms with Crippen molar-refractivity contribution in [1.29, 1.82) is 0 Å². The van der Waals surface area contributed by atoms with Crippen LogP contribution in [0.5, 0.6) is 0 Å². The molecular weight excluding hydrogens is 468 g/mol. The molecule has 0 spiro atoms. The molecular formula is C20H17F6N7O. The lowest BCUT2D eigenvalue weighted by Crippen LogP contribution is -2.47. The normalized spacial score (nSPS) is 17.7. The number of hydrogen-bond donors (Lipinski definition) is 1. The Hall–Kier alpha value is -3.71. The van der Waals surface area contributed by atoms with Gasteiger partial charge < -0.3 is 10.2 Å². The highest BCUT2D eigenvalue weighted by atomic mass is 19.4. The van der Waals surface area contributed by atoms with Gasteiger partial charge in [0.25, 0.3) is 11.8 Å². The molecule has 8 nitrogen and oxygen atoms in total. The van der Waals surface area contributed by atoms with Gasteiger partial charge in [-0.2, -0.15) is 23.4 Å². The third-order valence-electron chi connectivity index (χ3n) is 5.40. The number of rotatable bonds is 5. The summed E-state index contributed by atoms with van der Waals surface area (Å²) in [6.45, 7) is 0.596. The average Bonchev–Trinajstić information content (AvgIpc) is 3.41. The summed E-state index contributed by atoms with van der Waals surface area (Å²) in [6, 6.07) is 0.959. The maximum Gasteiger partial charge on any atom is 0.419 e. The van der Waals surface area contributed by atoms with Crippen LogP contribution in [0.2, 0.25) is 0 Å². The second-order valence-corrected chi connectivity index (χ2v) is 7.61. The van der Waals surface area contributed by atoms with E-state index < -0.39 is 48.4 Å². The van der Waals surface area contributed by atoms with Gasteiger partial charge in [0.1, 0.15) is 11.7 Å². The average molecular weight is 485 g/mol. The molecule has 2 aromatic heterocycles. The van der Waals surface area contributed by atoms with E-state index in [1.807, 2.05) is 0 Å². The van der Waals surface area contributed by atoms with Gasteiger partial charge in [0.15, 0.2) is 5.82 Å². The second-order valence-electron chi connectivity index (χ2n) is 7.61. The third-order valence-corrected chi connectivity index (χ3v) is 5.40. The quantitative estimate of drug-likeness (QED) is 0.557. The molecule has 4 rings (SSSR count). The molecule has 14 heteroatoms. The SMILES string of the molecule is Cc1ccc(C(=O)N2CCC(F)(F)C2CNc2ncc(C(F)(F)F)cn2)c(-n2nccn2)c1F. The smallest absolute Gasteiger partial charge is 0.352 e. The van der Waals surface area contributed by atoms with Gasteiger partial charge in [-0.1, -0.05) is 6.07 Å². The number of halogens is 6. The van der Waals surface area contributed by atoms with Crippen molar-refractivity contribution in [2.24, 2.45) is 0 Å². The first-order chi connectivity index (χ1) is 16.0. The molecule has 3 aromatic rings. The molecule has 1 N–H and O–H groups in total. The zero-order valence-electron chi connectivity index (χ0n) is 17.5. The largest absolute Gasteiger partial charge is 0.419 e. The van der Waals surface area contributed by atoms with Gasteiger partial charge in [-0.25, -0.2) is 23.1 Å². The number of aryl methyl sites for hydroxylation is 1. The van der Waals surface area contributed by atoms with Crippen LogP contribution in [0.3, 0.4) is 0 Å². The number of likely N-dealkylation sites (tertiary alicyclic amines) is 1. The highest BCUT2D eigenvalue weighted by Gasteiger charge is 2.51. The molecule has 1 aliphatic heterocycles. The van der Waals surface area contributed by atoms with E-state index in [1.165, 1.54) is 31.5 Å². The maximum absolute atomic E-state index is 14.9. The minimum atomic E-state index is -4.65. The number of carbonyl (C=O) groups is 1. The first kappa shape index (κ1) is 23.4. The summed E-state index contributed by atoms with van der Waals surface area (Å²) in [5.74, 6) is -5.28. The molecule has 1 unspecified atom stereocenters. The van der Waals surface area contributed by atoms with Crippen molar-refractivity contribution >= 4 is 11.9 Å². The predicted molar refractivity (Wildman–Crippen MR) is 106 cm³/mol. The van der Waals surface area contributed by atoms with E-state index in [0.717, 1.165) is 9.70 Å². The lowest BCUT2D eigenvalue weighted by Gasteiger charge is -2.28. The van der Waals surface area contributed by atoms with E-state index in [2.05, 4.69) is 25.5 Å². The molecule has 0 radical (unpaired) electrons. The molecule has 0 aliphatic carbocycles. The number of anilines is 1. The number of nitrogens with zero attached hydrogens (tertiary/aromatic N) is 6. The third kappa shape index (κ3) is 4.39. The molecule has 34 heavy (non-hydrogen) atoms. The topological polar surface area (TPSA) is 88.8 Å². The van der Waals surface area contributed by atoms with Gasteiger partial charge in [0.05, 0.1) is 23.5 Å². The Morgan fingerprint density at radius 3 is 2.44 bits per heavy atom. The van der Waals surface area contributed by atoms with Crippen LogP contribution in [0.25, 0.3) is 5.69 Å². The van der Waals surface area contributed by atoms with Crippen LogP contribution in [0.4, 0.5) is 32.3 Å². The minimum absolute atomic E-state index is 0.202. The van der Waals surface area contributed by atoms with E-state index in [0.29, 0.717) is 12.4 Å². The molecule has 1 atom stereocenters. The van der Waals surface area contributed by atoms with Gasteiger partial charge in [0.2, 0.25) is 5.95 Å². The molecule has 0 bridgehead atoms. The Morgan fingerprint density at radius 2 is 1.82 bits per heavy atom. The fourth-order valence-corrected chi connectivity index (χ4v) is 3.60. The van der Waals surface area contributed by atoms with E-state index in [9.17, 15) is 31.1 Å². The van der Waals surface area contributed by atoms with Gasteiger partial charge in [0, 0.05) is 31.9 Å². The number of alkyl halides is 5. The summed E-state index contributed by atoms with van der Waals surface area (Å²) in [5.41, 5.74) is -1.38. The summed E-state index contributed by atoms with van der Waals surface area (Å²) >= 11 is 0. The fourth-order valence-electron chi connectivity index (χ4n) is 3.60. The highest BCUT2D eigenvalue weighted by molar-refractivity contribution is 5.98. The lowest BCUT2D eigenvalue weighted by molar-refractivity contribution is -0.138. The van der Waals surface area contributed by atoms with Gasteiger partial charge in [-0.15, -0.1) is 4.80 Å². The van der Waals surface area contributed by atoms with Crippen molar-refractivity contribution in [3.63, 3.8) is 0 Å². The molecule has 1 aromatic carbocycles. The lowest BCUT2D eigenvalue weighted by atomic mass is 10.1. The van der Waals surface area contributed by atoms with Crippen LogP contribution in [-0.4, -0.2) is 60.8 Å². The first-order valence-electron chi connectivity index (χ1n) is 9.97. The van der Waals surface area contributed by atoms with Crippen LogP contribution in [0.15, 0.2) is 36.9 Å². The van der Waals surface area contributed by atoms with Crippen LogP contribution in [-0.2, 0) is 6.18 Å². The van der Waals surface area contributed by atoms with Crippen LogP contribution >= 0.6 is 0 Å².